The van der Waals surface area contributed by atoms with Crippen LogP contribution in [0.4, 0.5) is 17.3 Å². The van der Waals surface area contributed by atoms with Gasteiger partial charge in [0.05, 0.1) is 42.6 Å². The number of nitrogens with zero attached hydrogens (tertiary/aromatic N) is 7. The topological polar surface area (TPSA) is 125 Å². The van der Waals surface area contributed by atoms with Gasteiger partial charge in [0, 0.05) is 32.5 Å². The molecule has 0 amide bonds. The molecular formula is C20H23N9O2. The third-order valence-electron chi connectivity index (χ3n) is 4.80. The van der Waals surface area contributed by atoms with Gasteiger partial charge in [-0.1, -0.05) is 0 Å². The summed E-state index contributed by atoms with van der Waals surface area (Å²) in [6.45, 7) is 4.05. The molecule has 2 N–H and O–H groups in total. The Balaban J connectivity index is 1.86. The predicted molar refractivity (Wildman–Crippen MR) is 116 cm³/mol. The van der Waals surface area contributed by atoms with Gasteiger partial charge in [0.2, 0.25) is 0 Å². The van der Waals surface area contributed by atoms with Crippen LogP contribution >= 0.6 is 0 Å². The second-order valence-electron chi connectivity index (χ2n) is 7.20. The molecule has 0 saturated heterocycles. The number of esters is 1. The first-order valence-electron chi connectivity index (χ1n) is 9.67. The average molecular weight is 421 g/mol. The van der Waals surface area contributed by atoms with Gasteiger partial charge in [-0.15, -0.1) is 0 Å². The Labute approximate surface area is 178 Å². The van der Waals surface area contributed by atoms with Crippen LogP contribution in [0.3, 0.4) is 0 Å². The molecule has 0 aliphatic heterocycles. The number of aryl methyl sites for hydroxylation is 1. The number of imidazole rings is 1. The number of carbonyl (C=O) groups excluding carboxylic acids is 1. The molecule has 0 saturated carbocycles. The van der Waals surface area contributed by atoms with E-state index in [0.717, 1.165) is 5.52 Å². The highest BCUT2D eigenvalue weighted by molar-refractivity contribution is 5.97. The van der Waals surface area contributed by atoms with E-state index in [1.165, 1.54) is 7.11 Å². The maximum atomic E-state index is 12.5. The van der Waals surface area contributed by atoms with Crippen LogP contribution in [0.5, 0.6) is 0 Å². The van der Waals surface area contributed by atoms with Crippen molar-refractivity contribution in [2.75, 3.05) is 24.8 Å². The smallest absolute Gasteiger partial charge is 0.360 e. The molecule has 0 radical (unpaired) electrons. The van der Waals surface area contributed by atoms with Crippen LogP contribution in [0.15, 0.2) is 31.1 Å². The lowest BCUT2D eigenvalue weighted by Gasteiger charge is -2.14. The van der Waals surface area contributed by atoms with Crippen LogP contribution in [-0.4, -0.2) is 54.4 Å². The van der Waals surface area contributed by atoms with Crippen molar-refractivity contribution in [1.29, 1.82) is 0 Å². The Hall–Kier alpha value is -4.02. The molecule has 11 heteroatoms. The molecule has 0 bridgehead atoms. The number of fused-ring (bicyclic) bond motifs is 1. The summed E-state index contributed by atoms with van der Waals surface area (Å²) in [6.07, 6.45) is 8.57. The summed E-state index contributed by atoms with van der Waals surface area (Å²) in [7, 11) is 4.92. The minimum atomic E-state index is -0.615. The lowest BCUT2D eigenvalue weighted by atomic mass is 10.1. The van der Waals surface area contributed by atoms with Crippen LogP contribution in [-0.2, 0) is 11.8 Å². The summed E-state index contributed by atoms with van der Waals surface area (Å²) in [5.41, 5.74) is 3.36. The molecule has 160 valence electrons. The average Bonchev–Trinajstić information content (AvgIpc) is 3.40. The highest BCUT2D eigenvalue weighted by Crippen LogP contribution is 2.32. The van der Waals surface area contributed by atoms with Crippen molar-refractivity contribution in [2.24, 2.45) is 7.05 Å². The number of nitrogens with one attached hydrogen (secondary N) is 2. The van der Waals surface area contributed by atoms with E-state index in [1.54, 1.807) is 36.6 Å². The van der Waals surface area contributed by atoms with E-state index in [1.807, 2.05) is 31.7 Å². The molecule has 31 heavy (non-hydrogen) atoms. The predicted octanol–water partition coefficient (Wildman–Crippen LogP) is 2.77. The number of rotatable bonds is 6. The van der Waals surface area contributed by atoms with Crippen molar-refractivity contribution in [2.45, 2.75) is 19.9 Å². The summed E-state index contributed by atoms with van der Waals surface area (Å²) >= 11 is 0. The van der Waals surface area contributed by atoms with E-state index >= 15 is 0 Å². The monoisotopic (exact) mass is 421 g/mol. The van der Waals surface area contributed by atoms with E-state index in [-0.39, 0.29) is 17.6 Å². The van der Waals surface area contributed by atoms with E-state index < -0.39 is 5.97 Å². The minimum Gasteiger partial charge on any atom is -0.464 e. The zero-order valence-corrected chi connectivity index (χ0v) is 17.9. The lowest BCUT2D eigenvalue weighted by Crippen LogP contribution is -2.13. The Morgan fingerprint density at radius 2 is 1.97 bits per heavy atom. The Bertz CT molecular complexity index is 1260. The van der Waals surface area contributed by atoms with Gasteiger partial charge in [-0.3, -0.25) is 9.67 Å². The zero-order chi connectivity index (χ0) is 22.1. The van der Waals surface area contributed by atoms with Gasteiger partial charge < -0.3 is 19.9 Å². The van der Waals surface area contributed by atoms with Crippen LogP contribution in [0.1, 0.15) is 30.4 Å². The maximum Gasteiger partial charge on any atom is 0.360 e. The normalized spacial score (nSPS) is 11.2. The summed E-state index contributed by atoms with van der Waals surface area (Å²) in [4.78, 5) is 30.5. The Kier molecular flexibility index (Phi) is 5.24. The highest BCUT2D eigenvalue weighted by atomic mass is 16.5. The van der Waals surface area contributed by atoms with Crippen molar-refractivity contribution in [3.63, 3.8) is 0 Å². The van der Waals surface area contributed by atoms with Gasteiger partial charge >= 0.3 is 5.97 Å². The van der Waals surface area contributed by atoms with Crippen LogP contribution < -0.4 is 10.6 Å². The third kappa shape index (κ3) is 3.65. The van der Waals surface area contributed by atoms with Crippen molar-refractivity contribution in [3.8, 4) is 11.3 Å². The van der Waals surface area contributed by atoms with Gasteiger partial charge in [0.25, 0.3) is 0 Å². The van der Waals surface area contributed by atoms with Crippen molar-refractivity contribution >= 4 is 34.3 Å². The molecule has 0 atom stereocenters. The number of hydrogen-bond acceptors (Lipinski definition) is 9. The summed E-state index contributed by atoms with van der Waals surface area (Å²) in [5, 5.41) is 10.5. The second kappa shape index (κ2) is 8.01. The van der Waals surface area contributed by atoms with Crippen molar-refractivity contribution < 1.29 is 9.53 Å². The molecule has 4 rings (SSSR count). The molecule has 0 fully saturated rings. The van der Waals surface area contributed by atoms with Gasteiger partial charge in [0.15, 0.2) is 17.3 Å². The summed E-state index contributed by atoms with van der Waals surface area (Å²) in [5.74, 6) is 0.104. The first-order valence-corrected chi connectivity index (χ1v) is 9.67. The molecule has 0 unspecified atom stereocenters. The van der Waals surface area contributed by atoms with Gasteiger partial charge in [-0.05, 0) is 13.8 Å². The standard InChI is InChI=1S/C20H23N9O2/c1-11(2)29-9-12(6-24-29)25-19-17(20(30)31-5)26-16(18(21-3)27-19)13-7-22-8-14-15(13)23-10-28(14)4/h6-11H,1-5H3,(H2,21,25,27). The Morgan fingerprint density at radius 3 is 2.65 bits per heavy atom. The van der Waals surface area contributed by atoms with Crippen LogP contribution in [0.25, 0.3) is 22.3 Å². The van der Waals surface area contributed by atoms with Crippen molar-refractivity contribution in [1.82, 2.24) is 34.3 Å². The van der Waals surface area contributed by atoms with Crippen LogP contribution in [0, 0.1) is 0 Å². The number of hydrogen-bond donors (Lipinski definition) is 2. The molecule has 4 heterocycles. The first kappa shape index (κ1) is 20.3. The lowest BCUT2D eigenvalue weighted by molar-refractivity contribution is 0.0595. The maximum absolute atomic E-state index is 12.5. The van der Waals surface area contributed by atoms with E-state index in [4.69, 9.17) is 4.74 Å². The minimum absolute atomic E-state index is 0.0433. The highest BCUT2D eigenvalue weighted by Gasteiger charge is 2.23. The molecular weight excluding hydrogens is 398 g/mol. The summed E-state index contributed by atoms with van der Waals surface area (Å²) in [6, 6.07) is 0.198. The fourth-order valence-electron chi connectivity index (χ4n) is 3.16. The number of carbonyl (C=O) groups is 1. The molecule has 0 aromatic carbocycles. The second-order valence-corrected chi connectivity index (χ2v) is 7.20. The number of pyridine rings is 1. The van der Waals surface area contributed by atoms with Gasteiger partial charge in [-0.25, -0.2) is 19.7 Å². The SMILES string of the molecule is CNc1nc(Nc2cnn(C(C)C)c2)c(C(=O)OC)nc1-c1cncc2c1ncn2C. The molecule has 0 spiro atoms. The fraction of sp³-hybridized carbons (Fsp3) is 0.300. The summed E-state index contributed by atoms with van der Waals surface area (Å²) < 4.78 is 8.62. The largest absolute Gasteiger partial charge is 0.464 e. The quantitative estimate of drug-likeness (QED) is 0.452. The van der Waals surface area contributed by atoms with E-state index in [2.05, 4.69) is 35.7 Å². The van der Waals surface area contributed by atoms with Crippen molar-refractivity contribution in [3.05, 3.63) is 36.8 Å². The molecule has 0 aliphatic carbocycles. The molecule has 11 nitrogen and oxygen atoms in total. The first-order chi connectivity index (χ1) is 14.9. The van der Waals surface area contributed by atoms with Gasteiger partial charge in [-0.2, -0.15) is 5.10 Å². The number of anilines is 3. The van der Waals surface area contributed by atoms with Gasteiger partial charge in [0.1, 0.15) is 11.2 Å². The fourth-order valence-corrected chi connectivity index (χ4v) is 3.16. The van der Waals surface area contributed by atoms with Crippen LogP contribution in [0.2, 0.25) is 0 Å². The molecule has 4 aromatic heterocycles. The number of methoxy groups -OCH3 is 1. The van der Waals surface area contributed by atoms with E-state index in [9.17, 15) is 4.79 Å². The number of aromatic nitrogens is 7. The molecule has 0 aliphatic rings. The zero-order valence-electron chi connectivity index (χ0n) is 17.9. The molecule has 4 aromatic rings. The number of ether oxygens (including phenoxy) is 1. The Morgan fingerprint density at radius 1 is 1.16 bits per heavy atom. The van der Waals surface area contributed by atoms with E-state index in [0.29, 0.717) is 28.3 Å². The third-order valence-corrected chi connectivity index (χ3v) is 4.80.